The first-order chi connectivity index (χ1) is 8.69. The lowest BCUT2D eigenvalue weighted by molar-refractivity contribution is -0.123. The Morgan fingerprint density at radius 2 is 2.06 bits per heavy atom. The van der Waals surface area contributed by atoms with Gasteiger partial charge in [0.15, 0.2) is 11.6 Å². The Hall–Kier alpha value is -1.42. The molecule has 0 radical (unpaired) electrons. The van der Waals surface area contributed by atoms with Gasteiger partial charge in [-0.1, -0.05) is 6.07 Å². The molecule has 0 unspecified atom stereocenters. The number of ether oxygens (including phenoxy) is 2. The van der Waals surface area contributed by atoms with E-state index in [1.165, 1.54) is 13.2 Å². The molecule has 98 valence electrons. The van der Waals surface area contributed by atoms with Crippen LogP contribution in [-0.4, -0.2) is 19.0 Å². The number of hydrogen-bond donors (Lipinski definition) is 0. The van der Waals surface area contributed by atoms with Gasteiger partial charge in [0, 0.05) is 12.8 Å². The third kappa shape index (κ3) is 3.29. The first-order valence-corrected chi connectivity index (χ1v) is 6.15. The molecule has 1 aliphatic rings. The first kappa shape index (κ1) is 13.0. The molecule has 1 aromatic carbocycles. The Kier molecular flexibility index (Phi) is 4.31. The van der Waals surface area contributed by atoms with Gasteiger partial charge < -0.3 is 9.47 Å². The highest BCUT2D eigenvalue weighted by Crippen LogP contribution is 2.21. The molecule has 0 heterocycles. The van der Waals surface area contributed by atoms with Crippen molar-refractivity contribution in [2.24, 2.45) is 0 Å². The first-order valence-electron chi connectivity index (χ1n) is 6.15. The lowest BCUT2D eigenvalue weighted by Crippen LogP contribution is -2.21. The predicted molar refractivity (Wildman–Crippen MR) is 65.0 cm³/mol. The third-order valence-electron chi connectivity index (χ3n) is 3.19. The minimum atomic E-state index is -0.377. The van der Waals surface area contributed by atoms with Gasteiger partial charge in [-0.3, -0.25) is 4.79 Å². The van der Waals surface area contributed by atoms with Crippen LogP contribution in [0.5, 0.6) is 5.75 Å². The molecular weight excluding hydrogens is 235 g/mol. The molecule has 0 bridgehead atoms. The fraction of sp³-hybridized carbons (Fsp3) is 0.500. The van der Waals surface area contributed by atoms with Crippen LogP contribution >= 0.6 is 0 Å². The Morgan fingerprint density at radius 1 is 1.33 bits per heavy atom. The second-order valence-corrected chi connectivity index (χ2v) is 4.52. The third-order valence-corrected chi connectivity index (χ3v) is 3.19. The molecule has 1 aromatic rings. The fourth-order valence-corrected chi connectivity index (χ4v) is 2.09. The highest BCUT2D eigenvalue weighted by atomic mass is 19.1. The molecule has 0 aromatic heterocycles. The van der Waals surface area contributed by atoms with E-state index in [-0.39, 0.29) is 17.7 Å². The van der Waals surface area contributed by atoms with Crippen LogP contribution in [0.2, 0.25) is 0 Å². The number of ketones is 1. The maximum Gasteiger partial charge on any atom is 0.165 e. The van der Waals surface area contributed by atoms with Gasteiger partial charge in [0.25, 0.3) is 0 Å². The van der Waals surface area contributed by atoms with E-state index >= 15 is 0 Å². The highest BCUT2D eigenvalue weighted by Gasteiger charge is 2.19. The zero-order valence-electron chi connectivity index (χ0n) is 10.4. The summed E-state index contributed by atoms with van der Waals surface area (Å²) in [4.78, 5) is 11.1. The Labute approximate surface area is 106 Å². The maximum atomic E-state index is 13.4. The van der Waals surface area contributed by atoms with Gasteiger partial charge in [0.05, 0.1) is 19.8 Å². The standard InChI is InChI=1S/C14H17FO3/c1-17-14-7-2-10(8-13(14)15)9-18-12-5-3-11(16)4-6-12/h2,7-8,12H,3-6,9H2,1H3. The summed E-state index contributed by atoms with van der Waals surface area (Å²) in [6, 6.07) is 4.81. The van der Waals surface area contributed by atoms with Crippen molar-refractivity contribution in [2.75, 3.05) is 7.11 Å². The fourth-order valence-electron chi connectivity index (χ4n) is 2.09. The topological polar surface area (TPSA) is 35.5 Å². The van der Waals surface area contributed by atoms with Crippen molar-refractivity contribution < 1.29 is 18.7 Å². The Bertz CT molecular complexity index is 421. The van der Waals surface area contributed by atoms with E-state index < -0.39 is 0 Å². The largest absolute Gasteiger partial charge is 0.494 e. The van der Waals surface area contributed by atoms with Gasteiger partial charge >= 0.3 is 0 Å². The lowest BCUT2D eigenvalue weighted by Gasteiger charge is -2.21. The number of methoxy groups -OCH3 is 1. The van der Waals surface area contributed by atoms with Crippen molar-refractivity contribution in [2.45, 2.75) is 38.4 Å². The Balaban J connectivity index is 1.86. The van der Waals surface area contributed by atoms with Crippen LogP contribution in [0, 0.1) is 5.82 Å². The second kappa shape index (κ2) is 5.96. The van der Waals surface area contributed by atoms with E-state index in [4.69, 9.17) is 9.47 Å². The summed E-state index contributed by atoms with van der Waals surface area (Å²) in [6.45, 7) is 0.375. The smallest absolute Gasteiger partial charge is 0.165 e. The molecule has 0 saturated heterocycles. The molecule has 1 saturated carbocycles. The van der Waals surface area contributed by atoms with Crippen molar-refractivity contribution in [3.8, 4) is 5.75 Å². The van der Waals surface area contributed by atoms with Gasteiger partial charge in [0.2, 0.25) is 0 Å². The average Bonchev–Trinajstić information content (AvgIpc) is 2.38. The van der Waals surface area contributed by atoms with Crippen molar-refractivity contribution in [3.05, 3.63) is 29.6 Å². The quantitative estimate of drug-likeness (QED) is 0.826. The zero-order chi connectivity index (χ0) is 13.0. The van der Waals surface area contributed by atoms with Gasteiger partial charge in [-0.25, -0.2) is 4.39 Å². The van der Waals surface area contributed by atoms with E-state index in [1.807, 2.05) is 0 Å². The molecule has 1 aliphatic carbocycles. The van der Waals surface area contributed by atoms with E-state index in [2.05, 4.69) is 0 Å². The summed E-state index contributed by atoms with van der Waals surface area (Å²) in [5.41, 5.74) is 0.783. The van der Waals surface area contributed by atoms with Crippen molar-refractivity contribution in [3.63, 3.8) is 0 Å². The maximum absolute atomic E-state index is 13.4. The van der Waals surface area contributed by atoms with E-state index in [9.17, 15) is 9.18 Å². The average molecular weight is 252 g/mol. The van der Waals surface area contributed by atoms with Crippen LogP contribution in [0.25, 0.3) is 0 Å². The summed E-state index contributed by atoms with van der Waals surface area (Å²) < 4.78 is 24.0. The number of carbonyl (C=O) groups excluding carboxylic acids is 1. The summed E-state index contributed by atoms with van der Waals surface area (Å²) in [5, 5.41) is 0. The molecule has 3 nitrogen and oxygen atoms in total. The van der Waals surface area contributed by atoms with Crippen LogP contribution in [0.15, 0.2) is 18.2 Å². The summed E-state index contributed by atoms with van der Waals surface area (Å²) in [6.07, 6.45) is 2.87. The summed E-state index contributed by atoms with van der Waals surface area (Å²) >= 11 is 0. The molecule has 0 N–H and O–H groups in total. The summed E-state index contributed by atoms with van der Waals surface area (Å²) in [7, 11) is 1.44. The molecule has 1 fully saturated rings. The van der Waals surface area contributed by atoms with Gasteiger partial charge in [-0.15, -0.1) is 0 Å². The monoisotopic (exact) mass is 252 g/mol. The summed E-state index contributed by atoms with van der Waals surface area (Å²) in [5.74, 6) is 0.171. The van der Waals surface area contributed by atoms with Crippen LogP contribution in [0.4, 0.5) is 4.39 Å². The second-order valence-electron chi connectivity index (χ2n) is 4.52. The lowest BCUT2D eigenvalue weighted by atomic mass is 9.96. The minimum Gasteiger partial charge on any atom is -0.494 e. The van der Waals surface area contributed by atoms with E-state index in [0.29, 0.717) is 25.2 Å². The van der Waals surface area contributed by atoms with Crippen LogP contribution in [0.1, 0.15) is 31.2 Å². The Morgan fingerprint density at radius 3 is 2.67 bits per heavy atom. The van der Waals surface area contributed by atoms with Crippen molar-refractivity contribution >= 4 is 5.78 Å². The van der Waals surface area contributed by atoms with Gasteiger partial charge in [-0.05, 0) is 30.5 Å². The minimum absolute atomic E-state index is 0.118. The van der Waals surface area contributed by atoms with E-state index in [1.54, 1.807) is 12.1 Å². The van der Waals surface area contributed by atoms with Crippen LogP contribution in [0.3, 0.4) is 0 Å². The van der Waals surface area contributed by atoms with Gasteiger partial charge in [-0.2, -0.15) is 0 Å². The van der Waals surface area contributed by atoms with Crippen molar-refractivity contribution in [1.29, 1.82) is 0 Å². The molecular formula is C14H17FO3. The van der Waals surface area contributed by atoms with Crippen LogP contribution in [-0.2, 0) is 16.1 Å². The number of hydrogen-bond acceptors (Lipinski definition) is 3. The highest BCUT2D eigenvalue weighted by molar-refractivity contribution is 5.79. The number of rotatable bonds is 4. The number of halogens is 1. The van der Waals surface area contributed by atoms with Crippen LogP contribution < -0.4 is 4.74 Å². The number of Topliss-reactive ketones (excluding diaryl/α,β-unsaturated/α-hetero) is 1. The van der Waals surface area contributed by atoms with Crippen molar-refractivity contribution in [1.82, 2.24) is 0 Å². The van der Waals surface area contributed by atoms with Gasteiger partial charge in [0.1, 0.15) is 5.78 Å². The zero-order valence-corrected chi connectivity index (χ0v) is 10.4. The molecule has 18 heavy (non-hydrogen) atoms. The molecule has 4 heteroatoms. The normalized spacial score (nSPS) is 16.9. The molecule has 0 amide bonds. The molecule has 0 aliphatic heterocycles. The molecule has 0 spiro atoms. The molecule has 0 atom stereocenters. The SMILES string of the molecule is COc1ccc(COC2CCC(=O)CC2)cc1F. The predicted octanol–water partition coefficient (Wildman–Crippen LogP) is 2.86. The molecule has 2 rings (SSSR count). The van der Waals surface area contributed by atoms with E-state index in [0.717, 1.165) is 18.4 Å². The number of carbonyl (C=O) groups is 1. The number of benzene rings is 1.